The fraction of sp³-hybridized carbons (Fsp3) is 0.833. The third-order valence-electron chi connectivity index (χ3n) is 1.55. The predicted molar refractivity (Wildman–Crippen MR) is 41.8 cm³/mol. The number of carbonyl (C=O) groups excluding carboxylic acids is 1. The Morgan fingerprint density at radius 1 is 1.00 bits per heavy atom. The molecule has 0 aromatic rings. The lowest BCUT2D eigenvalue weighted by molar-refractivity contribution is -0.205. The fourth-order valence-corrected chi connectivity index (χ4v) is 1.02. The van der Waals surface area contributed by atoms with E-state index in [1.807, 2.05) is 0 Å². The van der Waals surface area contributed by atoms with Crippen LogP contribution in [0.1, 0.15) is 6.42 Å². The summed E-state index contributed by atoms with van der Waals surface area (Å²) in [5, 5.41) is -5.44. The maximum absolute atomic E-state index is 12.6. The molecule has 4 nitrogen and oxygen atoms in total. The molecule has 0 aliphatic rings. The van der Waals surface area contributed by atoms with Crippen molar-refractivity contribution >= 4 is 16.7 Å². The number of ether oxygens (including phenoxy) is 1. The van der Waals surface area contributed by atoms with Crippen molar-refractivity contribution in [3.63, 3.8) is 0 Å². The number of halogens is 7. The van der Waals surface area contributed by atoms with Crippen LogP contribution >= 0.6 is 0 Å². The number of carbonyl (C=O) groups is 1. The zero-order valence-corrected chi connectivity index (χ0v) is 9.03. The van der Waals surface area contributed by atoms with Crippen molar-refractivity contribution < 1.29 is 48.7 Å². The molecule has 12 heteroatoms. The fourth-order valence-electron chi connectivity index (χ4n) is 0.638. The lowest BCUT2D eigenvalue weighted by Crippen LogP contribution is -2.42. The molecule has 0 atom stereocenters. The average Bonchev–Trinajstić information content (AvgIpc) is 2.15. The van der Waals surface area contributed by atoms with Crippen molar-refractivity contribution in [3.8, 4) is 0 Å². The Morgan fingerprint density at radius 3 is 1.78 bits per heavy atom. The molecule has 0 aliphatic carbocycles. The molecule has 0 aromatic carbocycles. The molecule has 0 bridgehead atoms. The first-order chi connectivity index (χ1) is 7.82. The first kappa shape index (κ1) is 16.9. The summed E-state index contributed by atoms with van der Waals surface area (Å²) in [6.45, 7) is -1.70. The molecule has 0 amide bonds. The number of hydrogen-bond acceptors (Lipinski definition) is 4. The Hall–Kier alpha value is -1.07. The van der Waals surface area contributed by atoms with Gasteiger partial charge in [-0.05, 0) is 0 Å². The highest BCUT2D eigenvalue weighted by atomic mass is 32.2. The minimum absolute atomic E-state index is 1.70. The van der Waals surface area contributed by atoms with Gasteiger partial charge in [0.25, 0.3) is 0 Å². The summed E-state index contributed by atoms with van der Waals surface area (Å²) in [4.78, 5) is 10.0. The van der Waals surface area contributed by atoms with Crippen LogP contribution < -0.4 is 0 Å². The minimum atomic E-state index is -5.46. The lowest BCUT2D eigenvalue weighted by atomic mass is 10.2. The van der Waals surface area contributed by atoms with Crippen LogP contribution in [0, 0.1) is 0 Å². The van der Waals surface area contributed by atoms with E-state index >= 15 is 0 Å². The highest BCUT2D eigenvalue weighted by Gasteiger charge is 2.59. The van der Waals surface area contributed by atoms with Gasteiger partial charge in [-0.3, -0.25) is 0 Å². The van der Waals surface area contributed by atoms with E-state index in [0.29, 0.717) is 0 Å². The predicted octanol–water partition coefficient (Wildman–Crippen LogP) is 1.32. The van der Waals surface area contributed by atoms with Crippen LogP contribution in [-0.2, 0) is 20.2 Å². The molecule has 0 radical (unpaired) electrons. The van der Waals surface area contributed by atoms with E-state index in [1.165, 1.54) is 0 Å². The molecule has 0 aliphatic heterocycles. The summed E-state index contributed by atoms with van der Waals surface area (Å²) in [5.74, 6) is -7.98. The van der Waals surface area contributed by atoms with Crippen molar-refractivity contribution in [2.75, 3.05) is 6.61 Å². The van der Waals surface area contributed by atoms with Gasteiger partial charge in [-0.1, -0.05) is 0 Å². The average molecular weight is 306 g/mol. The summed E-state index contributed by atoms with van der Waals surface area (Å²) >= 11 is 0. The van der Waals surface area contributed by atoms with E-state index < -0.39 is 47.1 Å². The molecule has 0 rings (SSSR count). The summed E-state index contributed by atoms with van der Waals surface area (Å²) in [6.07, 6.45) is -7.52. The molecule has 0 unspecified atom stereocenters. The quantitative estimate of drug-likeness (QED) is 0.473. The molecular weight excluding hydrogens is 301 g/mol. The molecule has 108 valence electrons. The summed E-state index contributed by atoms with van der Waals surface area (Å²) < 4.78 is 107. The van der Waals surface area contributed by atoms with Crippen molar-refractivity contribution in [1.82, 2.24) is 0 Å². The number of hydrogen-bond donors (Lipinski definition) is 1. The molecule has 0 fully saturated rings. The van der Waals surface area contributed by atoms with Gasteiger partial charge in [-0.2, -0.15) is 30.7 Å². The van der Waals surface area contributed by atoms with Crippen molar-refractivity contribution in [2.24, 2.45) is 0 Å². The van der Waals surface area contributed by atoms with Crippen molar-refractivity contribution in [1.29, 1.82) is 0 Å². The van der Waals surface area contributed by atoms with Gasteiger partial charge in [0.2, 0.25) is 10.7 Å². The molecule has 0 aromatic heterocycles. The zero-order chi connectivity index (χ0) is 14.8. The number of esters is 1. The molecule has 0 spiro atoms. The second-order valence-electron chi connectivity index (χ2n) is 2.89. The number of alkyl halides is 7. The van der Waals surface area contributed by atoms with E-state index in [4.69, 9.17) is 0 Å². The standard InChI is InChI=1S/C6H5F7O4S/c7-4(8,6(12,13)18(15)16)1-2-17-3(14)5(9,10)11/h18H,1-2H2. The minimum Gasteiger partial charge on any atom is -0.459 e. The van der Waals surface area contributed by atoms with E-state index in [1.54, 1.807) is 0 Å². The van der Waals surface area contributed by atoms with E-state index in [0.717, 1.165) is 0 Å². The maximum atomic E-state index is 12.6. The SMILES string of the molecule is O=C(OCCC(F)(F)C(F)(F)[SH](=O)=O)C(F)(F)F. The van der Waals surface area contributed by atoms with Crippen LogP contribution in [0.3, 0.4) is 0 Å². The highest BCUT2D eigenvalue weighted by molar-refractivity contribution is 7.73. The van der Waals surface area contributed by atoms with Gasteiger partial charge in [0.05, 0.1) is 13.0 Å². The van der Waals surface area contributed by atoms with Crippen LogP contribution in [0.4, 0.5) is 30.7 Å². The smallest absolute Gasteiger partial charge is 0.459 e. The van der Waals surface area contributed by atoms with Gasteiger partial charge in [-0.25, -0.2) is 13.2 Å². The van der Waals surface area contributed by atoms with Gasteiger partial charge >= 0.3 is 23.3 Å². The Kier molecular flexibility index (Phi) is 4.97. The molecular formula is C6H5F7O4S. The van der Waals surface area contributed by atoms with Crippen LogP contribution in [0.25, 0.3) is 0 Å². The largest absolute Gasteiger partial charge is 0.490 e. The summed E-state index contributed by atoms with van der Waals surface area (Å²) in [5.41, 5.74) is 0. The van der Waals surface area contributed by atoms with Gasteiger partial charge in [-0.15, -0.1) is 0 Å². The second-order valence-corrected chi connectivity index (χ2v) is 3.96. The van der Waals surface area contributed by atoms with Gasteiger partial charge < -0.3 is 4.74 Å². The molecule has 0 heterocycles. The zero-order valence-electron chi connectivity index (χ0n) is 8.14. The Balaban J connectivity index is 4.52. The third kappa shape index (κ3) is 3.99. The summed E-state index contributed by atoms with van der Waals surface area (Å²) in [6, 6.07) is 0. The number of rotatable bonds is 5. The normalized spacial score (nSPS) is 13.8. The van der Waals surface area contributed by atoms with Gasteiger partial charge in [0, 0.05) is 0 Å². The lowest BCUT2D eigenvalue weighted by Gasteiger charge is -2.21. The molecule has 0 saturated heterocycles. The van der Waals surface area contributed by atoms with E-state index in [-0.39, 0.29) is 0 Å². The highest BCUT2D eigenvalue weighted by Crippen LogP contribution is 2.37. The Morgan fingerprint density at radius 2 is 1.44 bits per heavy atom. The van der Waals surface area contributed by atoms with Crippen LogP contribution in [0.15, 0.2) is 0 Å². The monoisotopic (exact) mass is 306 g/mol. The second kappa shape index (κ2) is 5.28. The first-order valence-electron chi connectivity index (χ1n) is 3.96. The van der Waals surface area contributed by atoms with Crippen LogP contribution in [0.5, 0.6) is 0 Å². The molecule has 18 heavy (non-hydrogen) atoms. The first-order valence-corrected chi connectivity index (χ1v) is 5.14. The molecule has 0 saturated carbocycles. The van der Waals surface area contributed by atoms with Crippen molar-refractivity contribution in [3.05, 3.63) is 0 Å². The van der Waals surface area contributed by atoms with Gasteiger partial charge in [0.15, 0.2) is 0 Å². The topological polar surface area (TPSA) is 60.4 Å². The van der Waals surface area contributed by atoms with E-state index in [9.17, 15) is 43.9 Å². The van der Waals surface area contributed by atoms with Crippen molar-refractivity contribution in [2.45, 2.75) is 23.8 Å². The molecule has 0 N–H and O–H groups in total. The Labute approximate surface area is 96.7 Å². The maximum Gasteiger partial charge on any atom is 0.490 e. The van der Waals surface area contributed by atoms with Crippen LogP contribution in [-0.4, -0.2) is 38.3 Å². The van der Waals surface area contributed by atoms with E-state index in [2.05, 4.69) is 4.74 Å². The Bertz CT molecular complexity index is 378. The van der Waals surface area contributed by atoms with Crippen LogP contribution in [0.2, 0.25) is 0 Å². The number of thiol groups is 1. The third-order valence-corrected chi connectivity index (χ3v) is 2.34. The van der Waals surface area contributed by atoms with Gasteiger partial charge in [0.1, 0.15) is 0 Å². The summed E-state index contributed by atoms with van der Waals surface area (Å²) in [7, 11) is -4.83.